The molecule has 0 saturated heterocycles. The largest absolute Gasteiger partial charge is 0.326 e. The van der Waals surface area contributed by atoms with Gasteiger partial charge in [-0.3, -0.25) is 14.3 Å². The fourth-order valence-corrected chi connectivity index (χ4v) is 3.99. The van der Waals surface area contributed by atoms with Crippen LogP contribution in [0.1, 0.15) is 24.2 Å². The Labute approximate surface area is 196 Å². The first-order valence-electron chi connectivity index (χ1n) is 9.85. The quantitative estimate of drug-likeness (QED) is 0.428. The van der Waals surface area contributed by atoms with Gasteiger partial charge in [0.25, 0.3) is 15.9 Å². The molecule has 3 rings (SSSR count). The predicted molar refractivity (Wildman–Crippen MR) is 127 cm³/mol. The molecule has 0 fully saturated rings. The maximum Gasteiger partial charge on any atom is 0.261 e. The van der Waals surface area contributed by atoms with Crippen LogP contribution < -0.4 is 15.4 Å². The summed E-state index contributed by atoms with van der Waals surface area (Å²) in [5, 5.41) is 5.45. The molecule has 0 heterocycles. The highest BCUT2D eigenvalue weighted by Crippen LogP contribution is 2.24. The fourth-order valence-electron chi connectivity index (χ4n) is 2.70. The number of halogens is 2. The van der Waals surface area contributed by atoms with E-state index in [0.29, 0.717) is 11.4 Å². The van der Waals surface area contributed by atoms with Crippen LogP contribution in [0.5, 0.6) is 0 Å². The molecular weight excluding hydrogens is 469 g/mol. The van der Waals surface area contributed by atoms with Crippen molar-refractivity contribution in [2.24, 2.45) is 5.92 Å². The van der Waals surface area contributed by atoms with Crippen LogP contribution in [0.3, 0.4) is 0 Å². The van der Waals surface area contributed by atoms with Crippen LogP contribution >= 0.6 is 11.6 Å². The Hall–Kier alpha value is -3.43. The molecule has 0 unspecified atom stereocenters. The monoisotopic (exact) mass is 489 g/mol. The molecule has 0 bridgehead atoms. The Morgan fingerprint density at radius 3 is 1.97 bits per heavy atom. The van der Waals surface area contributed by atoms with E-state index in [2.05, 4.69) is 15.4 Å². The van der Waals surface area contributed by atoms with Gasteiger partial charge in [-0.25, -0.2) is 12.8 Å². The predicted octanol–water partition coefficient (Wildman–Crippen LogP) is 5.13. The molecule has 172 valence electrons. The van der Waals surface area contributed by atoms with Crippen LogP contribution in [0, 0.1) is 11.7 Å². The number of benzene rings is 3. The maximum atomic E-state index is 13.1. The highest BCUT2D eigenvalue weighted by molar-refractivity contribution is 7.92. The second kappa shape index (κ2) is 10.0. The minimum Gasteiger partial charge on any atom is -0.326 e. The zero-order valence-corrected chi connectivity index (χ0v) is 19.3. The third-order valence-corrected chi connectivity index (χ3v) is 6.23. The lowest BCUT2D eigenvalue weighted by atomic mass is 10.2. The van der Waals surface area contributed by atoms with Crippen molar-refractivity contribution < 1.29 is 22.4 Å². The summed E-state index contributed by atoms with van der Waals surface area (Å²) in [4.78, 5) is 24.3. The third-order valence-electron chi connectivity index (χ3n) is 4.52. The van der Waals surface area contributed by atoms with Crippen LogP contribution in [0.25, 0.3) is 0 Å². The van der Waals surface area contributed by atoms with E-state index in [0.717, 1.165) is 18.2 Å². The zero-order chi connectivity index (χ0) is 24.2. The van der Waals surface area contributed by atoms with Gasteiger partial charge in [-0.05, 0) is 66.7 Å². The van der Waals surface area contributed by atoms with Gasteiger partial charge in [0, 0.05) is 23.0 Å². The van der Waals surface area contributed by atoms with Crippen LogP contribution in [-0.4, -0.2) is 20.2 Å². The maximum absolute atomic E-state index is 13.1. The number of nitrogens with one attached hydrogen (secondary N) is 3. The Morgan fingerprint density at radius 2 is 1.39 bits per heavy atom. The van der Waals surface area contributed by atoms with Crippen molar-refractivity contribution >= 4 is 50.5 Å². The van der Waals surface area contributed by atoms with E-state index in [1.807, 2.05) is 0 Å². The minimum atomic E-state index is -4.05. The van der Waals surface area contributed by atoms with Crippen molar-refractivity contribution in [3.05, 3.63) is 83.1 Å². The van der Waals surface area contributed by atoms with E-state index in [1.165, 1.54) is 24.3 Å². The summed E-state index contributed by atoms with van der Waals surface area (Å²) in [6, 6.07) is 15.0. The van der Waals surface area contributed by atoms with Crippen molar-refractivity contribution in [1.29, 1.82) is 0 Å². The Balaban J connectivity index is 1.76. The highest BCUT2D eigenvalue weighted by atomic mass is 35.5. The van der Waals surface area contributed by atoms with Crippen molar-refractivity contribution in [2.45, 2.75) is 18.7 Å². The van der Waals surface area contributed by atoms with Crippen molar-refractivity contribution in [2.75, 3.05) is 15.4 Å². The van der Waals surface area contributed by atoms with Crippen molar-refractivity contribution in [1.82, 2.24) is 0 Å². The number of hydrogen-bond acceptors (Lipinski definition) is 4. The van der Waals surface area contributed by atoms with Gasteiger partial charge in [0.15, 0.2) is 0 Å². The summed E-state index contributed by atoms with van der Waals surface area (Å²) in [5.74, 6) is -1.42. The molecule has 3 N–H and O–H groups in total. The molecule has 2 amide bonds. The van der Waals surface area contributed by atoms with Gasteiger partial charge in [0.2, 0.25) is 5.91 Å². The molecule has 0 spiro atoms. The Bertz CT molecular complexity index is 1280. The summed E-state index contributed by atoms with van der Waals surface area (Å²) < 4.78 is 40.8. The molecule has 10 heteroatoms. The standard InChI is InChI=1S/C23H21ClFN3O4S/c1-14(2)22(29)26-16-7-9-17(10-8-16)27-23(30)20-13-19(11-12-21(20)24)33(31,32)28-18-5-3-15(25)4-6-18/h3-14,28H,1-2H3,(H,26,29)(H,27,30). The van der Waals surface area contributed by atoms with Crippen LogP contribution in [-0.2, 0) is 14.8 Å². The van der Waals surface area contributed by atoms with Crippen LogP contribution in [0.2, 0.25) is 5.02 Å². The lowest BCUT2D eigenvalue weighted by Crippen LogP contribution is -2.18. The SMILES string of the molecule is CC(C)C(=O)Nc1ccc(NC(=O)c2cc(S(=O)(=O)Nc3ccc(F)cc3)ccc2Cl)cc1. The topological polar surface area (TPSA) is 104 Å². The summed E-state index contributed by atoms with van der Waals surface area (Å²) in [6.45, 7) is 3.55. The van der Waals surface area contributed by atoms with Gasteiger partial charge in [0.05, 0.1) is 15.5 Å². The molecule has 0 aliphatic heterocycles. The molecule has 0 aliphatic rings. The van der Waals surface area contributed by atoms with Gasteiger partial charge < -0.3 is 10.6 Å². The lowest BCUT2D eigenvalue weighted by molar-refractivity contribution is -0.118. The average molecular weight is 490 g/mol. The smallest absolute Gasteiger partial charge is 0.261 e. The molecule has 0 aromatic heterocycles. The van der Waals surface area contributed by atoms with E-state index >= 15 is 0 Å². The first kappa shape index (κ1) is 24.2. The van der Waals surface area contributed by atoms with Crippen molar-refractivity contribution in [3.63, 3.8) is 0 Å². The zero-order valence-electron chi connectivity index (χ0n) is 17.7. The number of sulfonamides is 1. The van der Waals surface area contributed by atoms with E-state index < -0.39 is 21.7 Å². The minimum absolute atomic E-state index is 0.0455. The number of rotatable bonds is 7. The highest BCUT2D eigenvalue weighted by Gasteiger charge is 2.19. The van der Waals surface area contributed by atoms with E-state index in [4.69, 9.17) is 11.6 Å². The normalized spacial score (nSPS) is 11.2. The lowest BCUT2D eigenvalue weighted by Gasteiger charge is -2.12. The Kier molecular flexibility index (Phi) is 7.35. The van der Waals surface area contributed by atoms with Gasteiger partial charge in [-0.15, -0.1) is 0 Å². The fraction of sp³-hybridized carbons (Fsp3) is 0.130. The van der Waals surface area contributed by atoms with Gasteiger partial charge in [-0.1, -0.05) is 25.4 Å². The number of hydrogen-bond donors (Lipinski definition) is 3. The van der Waals surface area contributed by atoms with Crippen LogP contribution in [0.4, 0.5) is 21.5 Å². The molecular formula is C23H21ClFN3O4S. The summed E-state index contributed by atoms with van der Waals surface area (Å²) in [5.41, 5.74) is 1.12. The molecule has 33 heavy (non-hydrogen) atoms. The first-order chi connectivity index (χ1) is 15.5. The first-order valence-corrected chi connectivity index (χ1v) is 11.7. The number of anilines is 3. The van der Waals surface area contributed by atoms with E-state index in [-0.39, 0.29) is 33.0 Å². The van der Waals surface area contributed by atoms with Gasteiger partial charge in [-0.2, -0.15) is 0 Å². The van der Waals surface area contributed by atoms with E-state index in [9.17, 15) is 22.4 Å². The molecule has 0 atom stereocenters. The molecule has 0 saturated carbocycles. The summed E-state index contributed by atoms with van der Waals surface area (Å²) in [6.07, 6.45) is 0. The molecule has 7 nitrogen and oxygen atoms in total. The average Bonchev–Trinajstić information content (AvgIpc) is 2.76. The third kappa shape index (κ3) is 6.30. The number of amides is 2. The van der Waals surface area contributed by atoms with Gasteiger partial charge >= 0.3 is 0 Å². The summed E-state index contributed by atoms with van der Waals surface area (Å²) >= 11 is 6.13. The summed E-state index contributed by atoms with van der Waals surface area (Å²) in [7, 11) is -4.05. The number of carbonyl (C=O) groups excluding carboxylic acids is 2. The van der Waals surface area contributed by atoms with E-state index in [1.54, 1.807) is 38.1 Å². The molecule has 0 aliphatic carbocycles. The Morgan fingerprint density at radius 1 is 0.848 bits per heavy atom. The molecule has 0 radical (unpaired) electrons. The van der Waals surface area contributed by atoms with Crippen LogP contribution in [0.15, 0.2) is 71.6 Å². The van der Waals surface area contributed by atoms with Crippen molar-refractivity contribution in [3.8, 4) is 0 Å². The van der Waals surface area contributed by atoms with Gasteiger partial charge in [0.1, 0.15) is 5.82 Å². The second-order valence-corrected chi connectivity index (χ2v) is 9.52. The molecule has 3 aromatic carbocycles. The number of carbonyl (C=O) groups is 2. The second-order valence-electron chi connectivity index (χ2n) is 7.43. The molecule has 3 aromatic rings.